The molecule has 0 aliphatic carbocycles. The molecular weight excluding hydrogens is 396 g/mol. The van der Waals surface area contributed by atoms with Gasteiger partial charge in [-0.1, -0.05) is 12.1 Å². The number of ketones is 1. The van der Waals surface area contributed by atoms with E-state index in [1.165, 1.54) is 12.1 Å². The highest BCUT2D eigenvalue weighted by molar-refractivity contribution is 6.09. The average molecular weight is 424 g/mol. The third-order valence-electron chi connectivity index (χ3n) is 5.93. The van der Waals surface area contributed by atoms with Crippen LogP contribution >= 0.6 is 0 Å². The highest BCUT2D eigenvalue weighted by Crippen LogP contribution is 2.40. The number of carbonyl (C=O) groups excluding carboxylic acids is 1. The molecule has 0 spiro atoms. The zero-order valence-corrected chi connectivity index (χ0v) is 18.2. The molecule has 3 N–H and O–H groups in total. The summed E-state index contributed by atoms with van der Waals surface area (Å²) < 4.78 is 11.5. The Morgan fingerprint density at radius 1 is 0.968 bits per heavy atom. The quantitative estimate of drug-likeness (QED) is 0.503. The van der Waals surface area contributed by atoms with Crippen molar-refractivity contribution in [3.63, 3.8) is 0 Å². The average Bonchev–Trinajstić information content (AvgIpc) is 3.30. The maximum atomic E-state index is 12.7. The Labute approximate surface area is 181 Å². The van der Waals surface area contributed by atoms with Crippen LogP contribution in [0.4, 0.5) is 0 Å². The number of rotatable bonds is 5. The van der Waals surface area contributed by atoms with Crippen LogP contribution in [0.5, 0.6) is 17.2 Å². The topological polar surface area (TPSA) is 96.2 Å². The van der Waals surface area contributed by atoms with E-state index in [2.05, 4.69) is 0 Å². The number of benzene rings is 2. The van der Waals surface area contributed by atoms with Gasteiger partial charge in [-0.05, 0) is 69.2 Å². The first-order chi connectivity index (χ1) is 14.4. The molecule has 2 atom stereocenters. The van der Waals surface area contributed by atoms with Crippen LogP contribution in [0.25, 0.3) is 6.08 Å². The molecular formula is C25H28O6. The molecule has 0 saturated carbocycles. The van der Waals surface area contributed by atoms with Gasteiger partial charge in [0.25, 0.3) is 0 Å². The van der Waals surface area contributed by atoms with E-state index in [1.54, 1.807) is 39.8 Å². The normalized spacial score (nSPS) is 20.3. The standard InChI is InChI=1S/C25H28O6/c1-24(2,28)21-12-15-11-14(6-9-19(15)30-21)5-8-18(26)16-7-10-20-17(23(16)27)13-22(31-20)25(3,4)29/h5-11,21-22,27-29H,12-13H2,1-4H3/b8-5+/t21-,22+/m0/s1. The largest absolute Gasteiger partial charge is 0.507 e. The van der Waals surface area contributed by atoms with Crippen molar-refractivity contribution in [1.82, 2.24) is 0 Å². The van der Waals surface area contributed by atoms with E-state index in [4.69, 9.17) is 9.47 Å². The van der Waals surface area contributed by atoms with Crippen LogP contribution in [0.15, 0.2) is 36.4 Å². The summed E-state index contributed by atoms with van der Waals surface area (Å²) in [6.07, 6.45) is 3.28. The molecule has 0 bridgehead atoms. The minimum atomic E-state index is -1.06. The summed E-state index contributed by atoms with van der Waals surface area (Å²) in [5.74, 6) is 0.811. The van der Waals surface area contributed by atoms with Gasteiger partial charge in [0.1, 0.15) is 29.5 Å². The summed E-state index contributed by atoms with van der Waals surface area (Å²) in [6.45, 7) is 6.75. The van der Waals surface area contributed by atoms with Crippen molar-refractivity contribution in [3.8, 4) is 17.2 Å². The van der Waals surface area contributed by atoms with Crippen LogP contribution in [0, 0.1) is 0 Å². The number of aliphatic hydroxyl groups is 2. The van der Waals surface area contributed by atoms with Crippen molar-refractivity contribution in [2.45, 2.75) is 63.9 Å². The first kappa shape index (κ1) is 21.4. The second-order valence-electron chi connectivity index (χ2n) is 9.43. The Kier molecular flexibility index (Phi) is 5.10. The Balaban J connectivity index is 1.51. The lowest BCUT2D eigenvalue weighted by atomic mass is 9.95. The zero-order chi connectivity index (χ0) is 22.6. The summed E-state index contributed by atoms with van der Waals surface area (Å²) in [5.41, 5.74) is 0.552. The van der Waals surface area contributed by atoms with Gasteiger partial charge in [0.15, 0.2) is 5.78 Å². The van der Waals surface area contributed by atoms with Crippen LogP contribution in [0.2, 0.25) is 0 Å². The number of ether oxygens (including phenoxy) is 2. The van der Waals surface area contributed by atoms with Gasteiger partial charge in [-0.3, -0.25) is 4.79 Å². The third kappa shape index (κ3) is 4.18. The number of phenolic OH excluding ortho intramolecular Hbond substituents is 1. The summed E-state index contributed by atoms with van der Waals surface area (Å²) in [7, 11) is 0. The number of allylic oxidation sites excluding steroid dienone is 1. The summed E-state index contributed by atoms with van der Waals surface area (Å²) in [4.78, 5) is 12.7. The summed E-state index contributed by atoms with van der Waals surface area (Å²) in [5, 5.41) is 31.0. The molecule has 0 saturated heterocycles. The number of hydrogen-bond acceptors (Lipinski definition) is 6. The van der Waals surface area contributed by atoms with Crippen molar-refractivity contribution >= 4 is 11.9 Å². The molecule has 0 unspecified atom stereocenters. The maximum Gasteiger partial charge on any atom is 0.189 e. The molecule has 2 aliphatic heterocycles. The predicted molar refractivity (Wildman–Crippen MR) is 117 cm³/mol. The van der Waals surface area contributed by atoms with Gasteiger partial charge >= 0.3 is 0 Å². The number of carbonyl (C=O) groups is 1. The van der Waals surface area contributed by atoms with E-state index in [0.717, 1.165) is 16.9 Å². The molecule has 2 aliphatic rings. The molecule has 6 heteroatoms. The number of fused-ring (bicyclic) bond motifs is 2. The molecule has 4 rings (SSSR count). The second kappa shape index (κ2) is 7.39. The second-order valence-corrected chi connectivity index (χ2v) is 9.43. The van der Waals surface area contributed by atoms with Gasteiger partial charge in [-0.15, -0.1) is 0 Å². The van der Waals surface area contributed by atoms with Gasteiger partial charge in [-0.2, -0.15) is 0 Å². The molecule has 2 heterocycles. The molecule has 0 radical (unpaired) electrons. The molecule has 0 amide bonds. The molecule has 2 aromatic carbocycles. The Morgan fingerprint density at radius 2 is 1.58 bits per heavy atom. The lowest BCUT2D eigenvalue weighted by Gasteiger charge is -2.24. The van der Waals surface area contributed by atoms with Crippen LogP contribution in [0.1, 0.15) is 54.7 Å². The van der Waals surface area contributed by atoms with Crippen molar-refractivity contribution in [1.29, 1.82) is 0 Å². The predicted octanol–water partition coefficient (Wildman–Crippen LogP) is 3.44. The van der Waals surface area contributed by atoms with Gasteiger partial charge in [-0.25, -0.2) is 0 Å². The van der Waals surface area contributed by atoms with Crippen LogP contribution in [-0.4, -0.2) is 44.5 Å². The minimum Gasteiger partial charge on any atom is -0.507 e. The molecule has 31 heavy (non-hydrogen) atoms. The van der Waals surface area contributed by atoms with Crippen LogP contribution in [0.3, 0.4) is 0 Å². The van der Waals surface area contributed by atoms with E-state index >= 15 is 0 Å². The maximum absolute atomic E-state index is 12.7. The highest BCUT2D eigenvalue weighted by atomic mass is 16.5. The lowest BCUT2D eigenvalue weighted by Crippen LogP contribution is -2.39. The van der Waals surface area contributed by atoms with Gasteiger partial charge < -0.3 is 24.8 Å². The van der Waals surface area contributed by atoms with E-state index in [0.29, 0.717) is 24.2 Å². The Bertz CT molecular complexity index is 1050. The van der Waals surface area contributed by atoms with E-state index in [9.17, 15) is 20.1 Å². The highest BCUT2D eigenvalue weighted by Gasteiger charge is 2.37. The number of phenols is 1. The fraction of sp³-hybridized carbons (Fsp3) is 0.400. The van der Waals surface area contributed by atoms with Crippen LogP contribution in [-0.2, 0) is 12.8 Å². The van der Waals surface area contributed by atoms with Crippen molar-refractivity contribution < 1.29 is 29.6 Å². The monoisotopic (exact) mass is 424 g/mol. The van der Waals surface area contributed by atoms with E-state index < -0.39 is 17.3 Å². The first-order valence-electron chi connectivity index (χ1n) is 10.4. The van der Waals surface area contributed by atoms with Crippen LogP contribution < -0.4 is 9.47 Å². The van der Waals surface area contributed by atoms with E-state index in [-0.39, 0.29) is 23.2 Å². The van der Waals surface area contributed by atoms with Gasteiger partial charge in [0, 0.05) is 18.4 Å². The fourth-order valence-electron chi connectivity index (χ4n) is 3.93. The molecule has 0 aromatic heterocycles. The number of hydrogen-bond donors (Lipinski definition) is 3. The number of aromatic hydroxyl groups is 1. The fourth-order valence-corrected chi connectivity index (χ4v) is 3.93. The minimum absolute atomic E-state index is 0.103. The van der Waals surface area contributed by atoms with Gasteiger partial charge in [0.2, 0.25) is 0 Å². The van der Waals surface area contributed by atoms with E-state index in [1.807, 2.05) is 18.2 Å². The summed E-state index contributed by atoms with van der Waals surface area (Å²) in [6, 6.07) is 8.82. The van der Waals surface area contributed by atoms with Crippen molar-refractivity contribution in [2.75, 3.05) is 0 Å². The Hall–Kier alpha value is -2.83. The molecule has 6 nitrogen and oxygen atoms in total. The molecule has 2 aromatic rings. The molecule has 0 fully saturated rings. The summed E-state index contributed by atoms with van der Waals surface area (Å²) >= 11 is 0. The van der Waals surface area contributed by atoms with Crippen molar-refractivity contribution in [2.24, 2.45) is 0 Å². The lowest BCUT2D eigenvalue weighted by molar-refractivity contribution is -0.0231. The zero-order valence-electron chi connectivity index (χ0n) is 18.2. The van der Waals surface area contributed by atoms with Gasteiger partial charge in [0.05, 0.1) is 16.8 Å². The third-order valence-corrected chi connectivity index (χ3v) is 5.93. The molecule has 164 valence electrons. The van der Waals surface area contributed by atoms with Crippen molar-refractivity contribution in [3.05, 3.63) is 58.7 Å². The SMILES string of the molecule is CC(C)(O)[C@@H]1Cc2cc(/C=C/C(=O)c3ccc4c(c3O)C[C@H](C(C)(C)O)O4)ccc2O1. The smallest absolute Gasteiger partial charge is 0.189 e. The Morgan fingerprint density at radius 3 is 2.26 bits per heavy atom. The first-order valence-corrected chi connectivity index (χ1v) is 10.4.